The summed E-state index contributed by atoms with van der Waals surface area (Å²) < 4.78 is 38.1. The second-order valence-corrected chi connectivity index (χ2v) is 27.4. The van der Waals surface area contributed by atoms with Crippen molar-refractivity contribution in [2.75, 3.05) is 124 Å². The molecule has 0 bridgehead atoms. The van der Waals surface area contributed by atoms with Crippen LogP contribution in [0.5, 0.6) is 5.75 Å². The molecule has 0 aliphatic rings. The van der Waals surface area contributed by atoms with Gasteiger partial charge in [0.15, 0.2) is 0 Å². The van der Waals surface area contributed by atoms with Gasteiger partial charge in [0, 0.05) is 145 Å². The number of aliphatic imine (C=N–C) groups is 10. The number of methoxy groups -OCH3 is 1. The van der Waals surface area contributed by atoms with Crippen molar-refractivity contribution in [3.8, 4) is 5.75 Å². The molecule has 0 saturated heterocycles. The van der Waals surface area contributed by atoms with Crippen LogP contribution in [0.4, 0.5) is 45.5 Å². The highest BCUT2D eigenvalue weighted by molar-refractivity contribution is 7.15. The lowest BCUT2D eigenvalue weighted by molar-refractivity contribution is 0.0143. The van der Waals surface area contributed by atoms with Crippen LogP contribution in [-0.2, 0) is 28.4 Å². The summed E-state index contributed by atoms with van der Waals surface area (Å²) in [4.78, 5) is 59.0. The largest absolute Gasteiger partial charge is 0.497 e. The van der Waals surface area contributed by atoms with Crippen molar-refractivity contribution in [2.24, 2.45) is 49.9 Å². The van der Waals surface area contributed by atoms with Gasteiger partial charge in [-0.1, -0.05) is 83.9 Å². The maximum absolute atomic E-state index is 10.6. The summed E-state index contributed by atoms with van der Waals surface area (Å²) in [6.45, 7) is 18.5. The van der Waals surface area contributed by atoms with E-state index < -0.39 is 0 Å². The van der Waals surface area contributed by atoms with Gasteiger partial charge in [-0.2, -0.15) is 0 Å². The summed E-state index contributed by atoms with van der Waals surface area (Å²) in [5, 5.41) is 0. The zero-order chi connectivity index (χ0) is 80.4. The minimum Gasteiger partial charge on any atom is -0.497 e. The molecule has 0 aliphatic carbocycles. The molecule has 0 spiro atoms. The van der Waals surface area contributed by atoms with E-state index in [1.807, 2.05) is 221 Å². The zero-order valence-corrected chi connectivity index (χ0v) is 67.6. The number of nitrogens with two attached hydrogens (primary N) is 2. The number of rotatable bonds is 44. The summed E-state index contributed by atoms with van der Waals surface area (Å²) in [6, 6.07) is 70.6. The Morgan fingerprint density at radius 2 is 0.553 bits per heavy atom. The third kappa shape index (κ3) is 40.8. The first kappa shape index (κ1) is 89.9. The molecular weight excluding hydrogens is 1470 g/mol. The fraction of sp³-hybridized carbons (Fsp3) is 0.272. The fourth-order valence-electron chi connectivity index (χ4n) is 9.65. The molecule has 4 N–H and O–H groups in total. The topological polar surface area (TPSA) is 257 Å². The van der Waals surface area contributed by atoms with Crippen LogP contribution in [-0.4, -0.2) is 181 Å². The van der Waals surface area contributed by atoms with E-state index in [0.29, 0.717) is 84.8 Å². The number of aldehydes is 1. The van der Waals surface area contributed by atoms with Crippen LogP contribution in [0, 0.1) is 13.8 Å². The van der Waals surface area contributed by atoms with Crippen LogP contribution in [0.15, 0.2) is 268 Å². The summed E-state index contributed by atoms with van der Waals surface area (Å²) in [5.74, 6) is 0.843. The van der Waals surface area contributed by atoms with E-state index in [2.05, 4.69) is 118 Å². The van der Waals surface area contributed by atoms with Gasteiger partial charge in [0.05, 0.1) is 94.1 Å². The number of hydrogen-bond acceptors (Lipinski definition) is 22. The molecule has 10 rings (SSSR count). The molecule has 20 nitrogen and oxygen atoms in total. The number of carbonyl (C=O) groups is 1. The average molecular weight is 1570 g/mol. The van der Waals surface area contributed by atoms with E-state index in [0.717, 1.165) is 151 Å². The molecule has 8 aromatic carbocycles. The first-order valence-corrected chi connectivity index (χ1v) is 39.7. The van der Waals surface area contributed by atoms with E-state index >= 15 is 0 Å². The standard InChI is InChI=1S/C28H24N4S.C26H34N2O5.C20H32N2O3.C18H16N4S/c1-3-29-23-8-10-25(11-9-23)31-19-27-16-17-28(33-27)20-32-26-14-12-24(13-15-26)30-18-22-6-4-21(2)5-7-22;1-30-26-10-8-24(9-11-26)21-28-13-3-15-32-17-19-33-18-16-31-14-2-12-27-20-23-4-6-25(22-29)7-5-23;1-3-21-10-4-12-23-14-16-25-17-15-24-13-5-11-22-18-20-8-6-19(2)7-9-20;19-13-1-5-15(6-2-13)21-11-17-9-10-18(23-17)12-22-16-7-3-14(20)4-8-16/h3-20H,1-2H3;4-11,20-22H,2-3,12-19H2,1H3;3,6-9,18H,4-5,10-17H2,1-2H3;1-12H,19-20H2. The second kappa shape index (κ2) is 56.8. The van der Waals surface area contributed by atoms with Gasteiger partial charge in [-0.05, 0) is 227 Å². The number of nitrogen functional groups attached to an aromatic ring is 2. The van der Waals surface area contributed by atoms with Gasteiger partial charge in [0.25, 0.3) is 0 Å². The molecular formula is C92H106N12O8S2. The minimum absolute atomic E-state index is 0.557. The molecule has 0 amide bonds. The number of nitrogens with zero attached hydrogens (tertiary/aromatic N) is 10. The smallest absolute Gasteiger partial charge is 0.150 e. The lowest BCUT2D eigenvalue weighted by atomic mass is 10.2. The number of carbonyl (C=O) groups excluding carboxylic acids is 1. The van der Waals surface area contributed by atoms with Gasteiger partial charge in [-0.3, -0.25) is 54.7 Å². The molecule has 22 heteroatoms. The Morgan fingerprint density at radius 3 is 0.860 bits per heavy atom. The van der Waals surface area contributed by atoms with Crippen LogP contribution in [0.2, 0.25) is 0 Å². The van der Waals surface area contributed by atoms with E-state index in [-0.39, 0.29) is 0 Å². The van der Waals surface area contributed by atoms with Crippen molar-refractivity contribution >= 4 is 137 Å². The molecule has 114 heavy (non-hydrogen) atoms. The van der Waals surface area contributed by atoms with Crippen LogP contribution in [0.1, 0.15) is 103 Å². The third-order valence-corrected chi connectivity index (χ3v) is 17.7. The number of benzene rings is 8. The van der Waals surface area contributed by atoms with Crippen LogP contribution < -0.4 is 16.2 Å². The van der Waals surface area contributed by atoms with Gasteiger partial charge in [-0.25, -0.2) is 0 Å². The molecule has 594 valence electrons. The third-order valence-electron chi connectivity index (χ3n) is 15.8. The van der Waals surface area contributed by atoms with Gasteiger partial charge >= 0.3 is 0 Å². The maximum atomic E-state index is 10.6. The van der Waals surface area contributed by atoms with Crippen molar-refractivity contribution < 1.29 is 38.0 Å². The Kier molecular flexibility index (Phi) is 44.8. The Labute approximate surface area is 680 Å². The molecule has 0 fully saturated rings. The first-order chi connectivity index (χ1) is 56.0. The lowest BCUT2D eigenvalue weighted by Gasteiger charge is -2.06. The SMILES string of the molecule is CC=NCCCOCCOCCOCCCN=Cc1ccc(C)cc1.CC=Nc1ccc(N=Cc2ccc(C=Nc3ccc(N=Cc4ccc(C)cc4)cc3)s2)cc1.COc1ccc(C=NCCCOCCOCCOCCCN=Cc2ccc(C=O)cc2)cc1.Nc1ccc(N=Cc2ccc(C=Nc3ccc(N)cc3)s2)cc1. The van der Waals surface area contributed by atoms with E-state index in [1.54, 1.807) is 48.1 Å². The molecule has 0 atom stereocenters. The summed E-state index contributed by atoms with van der Waals surface area (Å²) >= 11 is 3.28. The number of thiophene rings is 2. The quantitative estimate of drug-likeness (QED) is 0.0158. The van der Waals surface area contributed by atoms with Gasteiger partial charge in [-0.15, -0.1) is 22.7 Å². The normalized spacial score (nSPS) is 11.7. The highest BCUT2D eigenvalue weighted by Crippen LogP contribution is 2.24. The number of hydrogen-bond donors (Lipinski definition) is 2. The molecule has 2 heterocycles. The number of aryl methyl sites for hydroxylation is 2. The maximum Gasteiger partial charge on any atom is 0.150 e. The highest BCUT2D eigenvalue weighted by atomic mass is 32.1. The van der Waals surface area contributed by atoms with Crippen LogP contribution in [0.3, 0.4) is 0 Å². The van der Waals surface area contributed by atoms with Crippen molar-refractivity contribution in [3.63, 3.8) is 0 Å². The molecule has 0 saturated carbocycles. The Bertz CT molecular complexity index is 4490. The van der Waals surface area contributed by atoms with Crippen LogP contribution >= 0.6 is 22.7 Å². The molecule has 0 unspecified atom stereocenters. The molecule has 0 aliphatic heterocycles. The Balaban J connectivity index is 0.000000213. The monoisotopic (exact) mass is 1570 g/mol. The van der Waals surface area contributed by atoms with Crippen molar-refractivity contribution in [1.29, 1.82) is 0 Å². The first-order valence-electron chi connectivity index (χ1n) is 38.0. The summed E-state index contributed by atoms with van der Waals surface area (Å²) in [6.07, 6.45) is 22.9. The van der Waals surface area contributed by atoms with Gasteiger partial charge in [0.2, 0.25) is 0 Å². The van der Waals surface area contributed by atoms with Gasteiger partial charge in [0.1, 0.15) is 12.0 Å². The predicted octanol–water partition coefficient (Wildman–Crippen LogP) is 19.7. The van der Waals surface area contributed by atoms with E-state index in [1.165, 1.54) is 11.1 Å². The fourth-order valence-corrected chi connectivity index (χ4v) is 11.2. The lowest BCUT2D eigenvalue weighted by Crippen LogP contribution is -2.10. The summed E-state index contributed by atoms with van der Waals surface area (Å²) in [7, 11) is 1.66. The van der Waals surface area contributed by atoms with Crippen molar-refractivity contribution in [2.45, 2.75) is 53.4 Å². The van der Waals surface area contributed by atoms with Crippen molar-refractivity contribution in [1.82, 2.24) is 0 Å². The molecule has 10 aromatic rings. The highest BCUT2D eigenvalue weighted by Gasteiger charge is 2.03. The zero-order valence-electron chi connectivity index (χ0n) is 66.0. The van der Waals surface area contributed by atoms with E-state index in [4.69, 9.17) is 44.6 Å². The second-order valence-electron chi connectivity index (χ2n) is 25.1. The van der Waals surface area contributed by atoms with Gasteiger partial charge < -0.3 is 44.6 Å². The number of anilines is 2. The van der Waals surface area contributed by atoms with Crippen molar-refractivity contribution in [3.05, 3.63) is 277 Å². The average Bonchev–Trinajstić information content (AvgIpc) is 1.71. The molecule has 2 aromatic heterocycles. The predicted molar refractivity (Wildman–Crippen MR) is 480 cm³/mol. The summed E-state index contributed by atoms with van der Waals surface area (Å²) in [5.41, 5.74) is 25.6. The van der Waals surface area contributed by atoms with E-state index in [9.17, 15) is 4.79 Å². The molecule has 0 radical (unpaired) electrons. The number of ether oxygens (including phenoxy) is 7. The minimum atomic E-state index is 0.557. The Morgan fingerprint density at radius 1 is 0.289 bits per heavy atom. The Hall–Kier alpha value is -11.3. The van der Waals surface area contributed by atoms with Crippen LogP contribution in [0.25, 0.3) is 0 Å².